The van der Waals surface area contributed by atoms with Crippen LogP contribution >= 0.6 is 0 Å². The van der Waals surface area contributed by atoms with E-state index in [-0.39, 0.29) is 11.6 Å². The zero-order valence-corrected chi connectivity index (χ0v) is 14.6. The molecular formula is C18H21N5O3. The Kier molecular flexibility index (Phi) is 5.40. The molecule has 1 saturated heterocycles. The first-order valence-electron chi connectivity index (χ1n) is 8.60. The van der Waals surface area contributed by atoms with Gasteiger partial charge in [-0.05, 0) is 37.8 Å². The van der Waals surface area contributed by atoms with E-state index in [0.717, 1.165) is 31.9 Å². The lowest BCUT2D eigenvalue weighted by Crippen LogP contribution is -2.39. The van der Waals surface area contributed by atoms with Crippen LogP contribution in [0.15, 0.2) is 36.7 Å². The maximum Gasteiger partial charge on any atom is 0.273 e. The van der Waals surface area contributed by atoms with E-state index < -0.39 is 4.92 Å². The van der Waals surface area contributed by atoms with Crippen molar-refractivity contribution in [3.63, 3.8) is 0 Å². The minimum Gasteiger partial charge on any atom is -0.352 e. The molecule has 1 aliphatic heterocycles. The van der Waals surface area contributed by atoms with Crippen LogP contribution in [0.3, 0.4) is 0 Å². The fraction of sp³-hybridized carbons (Fsp3) is 0.389. The Morgan fingerprint density at radius 3 is 2.62 bits per heavy atom. The number of piperidine rings is 1. The summed E-state index contributed by atoms with van der Waals surface area (Å²) in [6, 6.07) is 6.36. The zero-order chi connectivity index (χ0) is 18.5. The molecule has 8 nitrogen and oxygen atoms in total. The normalized spacial score (nSPS) is 14.9. The van der Waals surface area contributed by atoms with Crippen molar-refractivity contribution < 1.29 is 9.72 Å². The number of nitrogens with zero attached hydrogens (tertiary/aromatic N) is 4. The van der Waals surface area contributed by atoms with E-state index in [1.165, 1.54) is 6.07 Å². The average molecular weight is 355 g/mol. The highest BCUT2D eigenvalue weighted by atomic mass is 16.6. The van der Waals surface area contributed by atoms with Crippen LogP contribution in [0.5, 0.6) is 0 Å². The topological polar surface area (TPSA) is 101 Å². The number of anilines is 1. The average Bonchev–Trinajstić information content (AvgIpc) is 2.67. The van der Waals surface area contributed by atoms with Crippen molar-refractivity contribution >= 4 is 17.5 Å². The molecule has 1 fully saturated rings. The number of rotatable bonds is 5. The van der Waals surface area contributed by atoms with Gasteiger partial charge in [-0.2, -0.15) is 0 Å². The van der Waals surface area contributed by atoms with Gasteiger partial charge >= 0.3 is 0 Å². The van der Waals surface area contributed by atoms with Gasteiger partial charge in [0.2, 0.25) is 5.95 Å². The number of carbonyl (C=O) groups is 1. The molecule has 1 aromatic heterocycles. The van der Waals surface area contributed by atoms with Gasteiger partial charge < -0.3 is 10.2 Å². The molecule has 2 aromatic rings. The van der Waals surface area contributed by atoms with Gasteiger partial charge in [0.05, 0.1) is 4.92 Å². The molecule has 0 bridgehead atoms. The van der Waals surface area contributed by atoms with Crippen molar-refractivity contribution in [2.75, 3.05) is 24.5 Å². The molecule has 0 atom stereocenters. The van der Waals surface area contributed by atoms with Crippen LogP contribution in [-0.2, 0) is 0 Å². The number of aromatic nitrogens is 2. The summed E-state index contributed by atoms with van der Waals surface area (Å²) in [5.74, 6) is 0.847. The highest BCUT2D eigenvalue weighted by Crippen LogP contribution is 2.22. The maximum absolute atomic E-state index is 12.4. The van der Waals surface area contributed by atoms with Gasteiger partial charge in [-0.3, -0.25) is 14.9 Å². The third kappa shape index (κ3) is 3.96. The summed E-state index contributed by atoms with van der Waals surface area (Å²) in [6.45, 7) is 3.86. The Balaban J connectivity index is 1.53. The van der Waals surface area contributed by atoms with Crippen molar-refractivity contribution in [1.29, 1.82) is 0 Å². The number of nitrogens with one attached hydrogen (secondary N) is 1. The van der Waals surface area contributed by atoms with Crippen LogP contribution in [0, 0.1) is 23.0 Å². The van der Waals surface area contributed by atoms with Gasteiger partial charge in [-0.1, -0.05) is 6.07 Å². The van der Waals surface area contributed by atoms with Crippen molar-refractivity contribution in [2.24, 2.45) is 5.92 Å². The molecule has 0 aliphatic carbocycles. The molecular weight excluding hydrogens is 334 g/mol. The Labute approximate surface area is 151 Å². The predicted octanol–water partition coefficient (Wildman–Crippen LogP) is 2.34. The Bertz CT molecular complexity index is 789. The second-order valence-corrected chi connectivity index (χ2v) is 6.40. The van der Waals surface area contributed by atoms with Crippen LogP contribution in [0.2, 0.25) is 0 Å². The summed E-state index contributed by atoms with van der Waals surface area (Å²) in [6.07, 6.45) is 5.34. The highest BCUT2D eigenvalue weighted by molar-refractivity contribution is 5.96. The molecule has 1 aromatic carbocycles. The second kappa shape index (κ2) is 7.90. The van der Waals surface area contributed by atoms with Crippen molar-refractivity contribution in [3.05, 3.63) is 57.9 Å². The number of nitro groups is 1. The van der Waals surface area contributed by atoms with Crippen molar-refractivity contribution in [1.82, 2.24) is 15.3 Å². The first-order valence-corrected chi connectivity index (χ1v) is 8.60. The number of amides is 1. The SMILES string of the molecule is Cc1c(C(=O)NCC2CCN(c3ncccn3)CC2)cccc1[N+](=O)[O-]. The fourth-order valence-corrected chi connectivity index (χ4v) is 3.19. The summed E-state index contributed by atoms with van der Waals surface area (Å²) in [4.78, 5) is 33.6. The molecule has 3 rings (SSSR count). The summed E-state index contributed by atoms with van der Waals surface area (Å²) in [5.41, 5.74) is 0.717. The molecule has 8 heteroatoms. The van der Waals surface area contributed by atoms with E-state index >= 15 is 0 Å². The van der Waals surface area contributed by atoms with Crippen LogP contribution in [0.4, 0.5) is 11.6 Å². The standard InChI is InChI=1S/C18H21N5O3/c1-13-15(4-2-5-16(13)23(25)26)17(24)21-12-14-6-10-22(11-7-14)18-19-8-3-9-20-18/h2-5,8-9,14H,6-7,10-12H2,1H3,(H,21,24). The van der Waals surface area contributed by atoms with Gasteiger partial charge in [0.25, 0.3) is 11.6 Å². The third-order valence-corrected chi connectivity index (χ3v) is 4.75. The van der Waals surface area contributed by atoms with Gasteiger partial charge in [-0.15, -0.1) is 0 Å². The molecule has 1 N–H and O–H groups in total. The Morgan fingerprint density at radius 1 is 1.27 bits per heavy atom. The largest absolute Gasteiger partial charge is 0.352 e. The number of benzene rings is 1. The second-order valence-electron chi connectivity index (χ2n) is 6.40. The summed E-state index contributed by atoms with van der Waals surface area (Å²) in [7, 11) is 0. The van der Waals surface area contributed by atoms with E-state index in [1.54, 1.807) is 37.5 Å². The fourth-order valence-electron chi connectivity index (χ4n) is 3.19. The first kappa shape index (κ1) is 17.8. The number of hydrogen-bond donors (Lipinski definition) is 1. The molecule has 0 saturated carbocycles. The van der Waals surface area contributed by atoms with Crippen LogP contribution in [-0.4, -0.2) is 40.4 Å². The lowest BCUT2D eigenvalue weighted by molar-refractivity contribution is -0.385. The van der Waals surface area contributed by atoms with Gasteiger partial charge in [0.1, 0.15) is 0 Å². The summed E-state index contributed by atoms with van der Waals surface area (Å²) in [5, 5.41) is 13.9. The lowest BCUT2D eigenvalue weighted by atomic mass is 9.96. The number of hydrogen-bond acceptors (Lipinski definition) is 6. The van der Waals surface area contributed by atoms with Gasteiger partial charge in [-0.25, -0.2) is 9.97 Å². The molecule has 2 heterocycles. The molecule has 1 aliphatic rings. The van der Waals surface area contributed by atoms with Crippen LogP contribution in [0.1, 0.15) is 28.8 Å². The third-order valence-electron chi connectivity index (χ3n) is 4.75. The zero-order valence-electron chi connectivity index (χ0n) is 14.6. The van der Waals surface area contributed by atoms with Crippen LogP contribution < -0.4 is 10.2 Å². The van der Waals surface area contributed by atoms with Crippen LogP contribution in [0.25, 0.3) is 0 Å². The van der Waals surface area contributed by atoms with Gasteiger partial charge in [0.15, 0.2) is 0 Å². The maximum atomic E-state index is 12.4. The number of carbonyl (C=O) groups excluding carboxylic acids is 1. The Hall–Kier alpha value is -3.03. The van der Waals surface area contributed by atoms with Gasteiger partial charge in [0, 0.05) is 49.2 Å². The first-order chi connectivity index (χ1) is 12.6. The smallest absolute Gasteiger partial charge is 0.273 e. The minimum absolute atomic E-state index is 0.0335. The Morgan fingerprint density at radius 2 is 1.96 bits per heavy atom. The molecule has 0 radical (unpaired) electrons. The predicted molar refractivity (Wildman–Crippen MR) is 97.1 cm³/mol. The molecule has 1 amide bonds. The minimum atomic E-state index is -0.465. The number of nitro benzene ring substituents is 1. The highest BCUT2D eigenvalue weighted by Gasteiger charge is 2.22. The van der Waals surface area contributed by atoms with Crippen molar-refractivity contribution in [2.45, 2.75) is 19.8 Å². The summed E-state index contributed by atoms with van der Waals surface area (Å²) >= 11 is 0. The molecule has 0 unspecified atom stereocenters. The summed E-state index contributed by atoms with van der Waals surface area (Å²) < 4.78 is 0. The van der Waals surface area contributed by atoms with E-state index in [1.807, 2.05) is 0 Å². The molecule has 136 valence electrons. The van der Waals surface area contributed by atoms with E-state index in [0.29, 0.717) is 23.6 Å². The quantitative estimate of drug-likeness (QED) is 0.652. The van der Waals surface area contributed by atoms with E-state index in [9.17, 15) is 14.9 Å². The van der Waals surface area contributed by atoms with E-state index in [2.05, 4.69) is 20.2 Å². The molecule has 0 spiro atoms. The monoisotopic (exact) mass is 355 g/mol. The molecule has 26 heavy (non-hydrogen) atoms. The van der Waals surface area contributed by atoms with Crippen molar-refractivity contribution in [3.8, 4) is 0 Å². The lowest BCUT2D eigenvalue weighted by Gasteiger charge is -2.31. The van der Waals surface area contributed by atoms with E-state index in [4.69, 9.17) is 0 Å².